The highest BCUT2D eigenvalue weighted by Gasteiger charge is 2.38. The van der Waals surface area contributed by atoms with E-state index >= 15 is 0 Å². The topological polar surface area (TPSA) is 70.5 Å². The van der Waals surface area contributed by atoms with Crippen molar-refractivity contribution in [2.75, 3.05) is 64.8 Å². The lowest BCUT2D eigenvalue weighted by Crippen LogP contribution is -2.58. The molecule has 1 aromatic carbocycles. The van der Waals surface area contributed by atoms with E-state index in [0.29, 0.717) is 12.5 Å². The fraction of sp³-hybridized carbons (Fsp3) is 0.682. The van der Waals surface area contributed by atoms with E-state index in [0.717, 1.165) is 52.1 Å². The van der Waals surface area contributed by atoms with E-state index in [2.05, 4.69) is 52.9 Å². The van der Waals surface area contributed by atoms with E-state index < -0.39 is 6.09 Å². The Morgan fingerprint density at radius 2 is 1.59 bits per heavy atom. The molecule has 0 bridgehead atoms. The van der Waals surface area contributed by atoms with Gasteiger partial charge in [-0.1, -0.05) is 17.7 Å². The van der Waals surface area contributed by atoms with E-state index in [1.165, 1.54) is 11.3 Å². The minimum Gasteiger partial charge on any atom is -0.465 e. The molecular formula is C22H36N4O3. The largest absolute Gasteiger partial charge is 0.465 e. The van der Waals surface area contributed by atoms with Gasteiger partial charge >= 0.3 is 6.09 Å². The van der Waals surface area contributed by atoms with Gasteiger partial charge in [0, 0.05) is 45.0 Å². The lowest BCUT2D eigenvalue weighted by atomic mass is 9.95. The normalized spacial score (nSPS) is 28.3. The molecule has 3 aliphatic rings. The van der Waals surface area contributed by atoms with Crippen LogP contribution < -0.4 is 4.90 Å². The molecule has 7 heteroatoms. The summed E-state index contributed by atoms with van der Waals surface area (Å²) in [4.78, 5) is 20.0. The smallest absolute Gasteiger partial charge is 0.407 e. The summed E-state index contributed by atoms with van der Waals surface area (Å²) in [5.41, 5.74) is 2.45. The van der Waals surface area contributed by atoms with Crippen molar-refractivity contribution < 1.29 is 15.0 Å². The Bertz CT molecular complexity index is 661. The first-order valence-electron chi connectivity index (χ1n) is 10.7. The average molecular weight is 405 g/mol. The summed E-state index contributed by atoms with van der Waals surface area (Å²) >= 11 is 0. The predicted octanol–water partition coefficient (Wildman–Crippen LogP) is 1.80. The van der Waals surface area contributed by atoms with Crippen LogP contribution in [0.1, 0.15) is 18.4 Å². The van der Waals surface area contributed by atoms with Crippen LogP contribution in [0.15, 0.2) is 24.3 Å². The van der Waals surface area contributed by atoms with E-state index in [4.69, 9.17) is 5.11 Å². The number of aryl methyl sites for hydroxylation is 1. The number of anilines is 1. The van der Waals surface area contributed by atoms with Crippen LogP contribution in [0.5, 0.6) is 0 Å². The summed E-state index contributed by atoms with van der Waals surface area (Å²) < 4.78 is 0. The Morgan fingerprint density at radius 1 is 0.931 bits per heavy atom. The molecule has 0 spiro atoms. The Labute approximate surface area is 174 Å². The van der Waals surface area contributed by atoms with Gasteiger partial charge in [0.05, 0.1) is 12.1 Å². The number of aliphatic hydroxyl groups is 1. The Hall–Kier alpha value is -1.83. The lowest BCUT2D eigenvalue weighted by molar-refractivity contribution is 0.0978. The molecule has 0 aromatic heterocycles. The maximum Gasteiger partial charge on any atom is 0.407 e. The van der Waals surface area contributed by atoms with Gasteiger partial charge in [-0.05, 0) is 58.5 Å². The molecule has 0 saturated carbocycles. The maximum absolute atomic E-state index is 11.6. The predicted molar refractivity (Wildman–Crippen MR) is 116 cm³/mol. The van der Waals surface area contributed by atoms with Gasteiger partial charge in [-0.25, -0.2) is 4.79 Å². The maximum atomic E-state index is 11.6. The second-order valence-corrected chi connectivity index (χ2v) is 8.84. The highest BCUT2D eigenvalue weighted by atomic mass is 16.4. The summed E-state index contributed by atoms with van der Waals surface area (Å²) in [6.45, 7) is 8.23. The van der Waals surface area contributed by atoms with Crippen molar-refractivity contribution in [2.45, 2.75) is 31.9 Å². The van der Waals surface area contributed by atoms with Crippen LogP contribution in [-0.2, 0) is 0 Å². The van der Waals surface area contributed by atoms with Crippen molar-refractivity contribution in [1.82, 2.24) is 14.7 Å². The fourth-order valence-electron chi connectivity index (χ4n) is 4.64. The van der Waals surface area contributed by atoms with Crippen molar-refractivity contribution in [1.29, 1.82) is 0 Å². The van der Waals surface area contributed by atoms with E-state index in [-0.39, 0.29) is 12.1 Å². The summed E-state index contributed by atoms with van der Waals surface area (Å²) in [7, 11) is 4.14. The molecule has 29 heavy (non-hydrogen) atoms. The number of carboxylic acid groups (broad SMARTS) is 1. The van der Waals surface area contributed by atoms with Crippen molar-refractivity contribution in [3.8, 4) is 0 Å². The second-order valence-electron chi connectivity index (χ2n) is 8.84. The number of likely N-dealkylation sites (N-methyl/N-ethyl adjacent to an activating group) is 1. The Balaban J connectivity index is 0.000000290. The van der Waals surface area contributed by atoms with Crippen molar-refractivity contribution in [3.63, 3.8) is 0 Å². The van der Waals surface area contributed by atoms with Gasteiger partial charge in [0.2, 0.25) is 0 Å². The zero-order valence-corrected chi connectivity index (χ0v) is 18.0. The van der Waals surface area contributed by atoms with E-state index in [9.17, 15) is 9.90 Å². The van der Waals surface area contributed by atoms with E-state index in [1.54, 1.807) is 4.90 Å². The first-order chi connectivity index (χ1) is 13.8. The Morgan fingerprint density at radius 3 is 2.07 bits per heavy atom. The number of piperazine rings is 1. The molecular weight excluding hydrogens is 368 g/mol. The number of likely N-dealkylation sites (tertiary alicyclic amines) is 2. The summed E-state index contributed by atoms with van der Waals surface area (Å²) in [5, 5.41) is 18.4. The molecule has 3 saturated heterocycles. The molecule has 0 aliphatic carbocycles. The molecule has 1 aromatic rings. The summed E-state index contributed by atoms with van der Waals surface area (Å²) in [5.74, 6) is 0.439. The van der Waals surface area contributed by atoms with Crippen LogP contribution in [0.4, 0.5) is 10.5 Å². The van der Waals surface area contributed by atoms with Crippen LogP contribution in [0.25, 0.3) is 0 Å². The van der Waals surface area contributed by atoms with Crippen LogP contribution in [-0.4, -0.2) is 103 Å². The van der Waals surface area contributed by atoms with E-state index in [1.807, 2.05) is 7.05 Å². The number of hydrogen-bond acceptors (Lipinski definition) is 5. The summed E-state index contributed by atoms with van der Waals surface area (Å²) in [6.07, 6.45) is 1.22. The second kappa shape index (κ2) is 9.78. The molecule has 1 amide bonds. The van der Waals surface area contributed by atoms with Gasteiger partial charge in [0.1, 0.15) is 0 Å². The quantitative estimate of drug-likeness (QED) is 0.783. The van der Waals surface area contributed by atoms with Crippen LogP contribution in [0.3, 0.4) is 0 Å². The van der Waals surface area contributed by atoms with Crippen molar-refractivity contribution in [2.24, 2.45) is 5.92 Å². The molecule has 162 valence electrons. The summed E-state index contributed by atoms with van der Waals surface area (Å²) in [6, 6.07) is 8.62. The lowest BCUT2D eigenvalue weighted by Gasteiger charge is -2.43. The number of carbonyl (C=O) groups is 1. The van der Waals surface area contributed by atoms with Gasteiger partial charge in [-0.15, -0.1) is 0 Å². The standard InChI is InChI=1S/C17H25N3O2.C5H11NO/c1-13-3-5-15(6-4-13)19-9-10-20(17(21)22)16(12-19)14-7-8-18(2)11-14;1-6-3-2-5(7)4-6/h3-6,14,16H,7-12H2,1-2H3,(H,21,22);5,7H,2-4H2,1H3/t14-,16?;5-/m00/s1. The first kappa shape index (κ1) is 21.9. The number of aliphatic hydroxyl groups excluding tert-OH is 1. The number of hydrogen-bond donors (Lipinski definition) is 2. The van der Waals surface area contributed by atoms with Gasteiger partial charge in [0.25, 0.3) is 0 Å². The van der Waals surface area contributed by atoms with Gasteiger partial charge < -0.3 is 29.8 Å². The van der Waals surface area contributed by atoms with Crippen molar-refractivity contribution in [3.05, 3.63) is 29.8 Å². The molecule has 2 N–H and O–H groups in total. The third-order valence-electron chi connectivity index (χ3n) is 6.40. The minimum absolute atomic E-state index is 0.0509. The molecule has 3 heterocycles. The molecule has 3 aliphatic heterocycles. The zero-order chi connectivity index (χ0) is 21.0. The first-order valence-corrected chi connectivity index (χ1v) is 10.7. The monoisotopic (exact) mass is 404 g/mol. The SMILES string of the molecule is CN1CC[C@H](O)C1.Cc1ccc(N2CCN(C(=O)O)C([C@H]3CCN(C)C3)C2)cc1. The average Bonchev–Trinajstić information content (AvgIpc) is 3.29. The van der Waals surface area contributed by atoms with Gasteiger partial charge in [-0.3, -0.25) is 0 Å². The van der Waals surface area contributed by atoms with Crippen LogP contribution >= 0.6 is 0 Å². The number of rotatable bonds is 2. The molecule has 3 atom stereocenters. The molecule has 4 rings (SSSR count). The highest BCUT2D eigenvalue weighted by Crippen LogP contribution is 2.28. The zero-order valence-electron chi connectivity index (χ0n) is 18.0. The molecule has 3 fully saturated rings. The molecule has 1 unspecified atom stereocenters. The van der Waals surface area contributed by atoms with Crippen LogP contribution in [0, 0.1) is 12.8 Å². The molecule has 7 nitrogen and oxygen atoms in total. The minimum atomic E-state index is -0.775. The number of β-amino-alcohol motifs (C(OH)–C–C–N with tert-alkyl or cyclic N) is 1. The van der Waals surface area contributed by atoms with Gasteiger partial charge in [-0.2, -0.15) is 0 Å². The van der Waals surface area contributed by atoms with Crippen LogP contribution in [0.2, 0.25) is 0 Å². The number of nitrogens with zero attached hydrogens (tertiary/aromatic N) is 4. The number of benzene rings is 1. The fourth-order valence-corrected chi connectivity index (χ4v) is 4.64. The molecule has 0 radical (unpaired) electrons. The number of amides is 1. The third kappa shape index (κ3) is 5.84. The third-order valence-corrected chi connectivity index (χ3v) is 6.40. The Kier molecular flexibility index (Phi) is 7.38. The van der Waals surface area contributed by atoms with Crippen molar-refractivity contribution >= 4 is 11.8 Å². The highest BCUT2D eigenvalue weighted by molar-refractivity contribution is 5.66. The van der Waals surface area contributed by atoms with Gasteiger partial charge in [0.15, 0.2) is 0 Å².